The Morgan fingerprint density at radius 1 is 0.933 bits per heavy atom. The molecule has 2 aromatic carbocycles. The van der Waals surface area contributed by atoms with Crippen molar-refractivity contribution in [2.45, 2.75) is 38.3 Å². The van der Waals surface area contributed by atoms with Crippen molar-refractivity contribution >= 4 is 0 Å². The lowest BCUT2D eigenvalue weighted by Crippen LogP contribution is -2.36. The molecule has 3 aromatic rings. The zero-order chi connectivity index (χ0) is 20.8. The molecular weight excluding hydrogens is 374 g/mol. The summed E-state index contributed by atoms with van der Waals surface area (Å²) in [7, 11) is 3.42. The lowest BCUT2D eigenvalue weighted by atomic mass is 9.87. The molecule has 0 spiro atoms. The topological polar surface area (TPSA) is 39.5 Å². The summed E-state index contributed by atoms with van der Waals surface area (Å²) in [6, 6.07) is 17.4. The molecule has 0 fully saturated rings. The number of aromatic nitrogens is 2. The van der Waals surface area contributed by atoms with Gasteiger partial charge in [0.25, 0.3) is 0 Å². The molecule has 2 heterocycles. The highest BCUT2D eigenvalue weighted by molar-refractivity contribution is 5.51. The van der Waals surface area contributed by atoms with Crippen molar-refractivity contribution in [3.05, 3.63) is 77.6 Å². The standard InChI is InChI=1S/C25H31N3O2/c1-29-23-18-21-12-17-27(14-7-4-8-15-28-16-9-13-26-28)25(20-10-5-3-6-11-20)22(21)19-24(23)30-2/h3,5-6,9-11,13,16,18-19,25H,4,7-8,12,14-15,17H2,1-2H3. The molecule has 1 aliphatic rings. The molecule has 1 aliphatic heterocycles. The summed E-state index contributed by atoms with van der Waals surface area (Å²) in [6.45, 7) is 3.14. The first-order valence-corrected chi connectivity index (χ1v) is 10.8. The molecule has 158 valence electrons. The van der Waals surface area contributed by atoms with Crippen LogP contribution in [0.2, 0.25) is 0 Å². The summed E-state index contributed by atoms with van der Waals surface area (Å²) < 4.78 is 13.2. The van der Waals surface area contributed by atoms with Gasteiger partial charge in [-0.2, -0.15) is 5.10 Å². The Balaban J connectivity index is 1.50. The van der Waals surface area contributed by atoms with Gasteiger partial charge in [0.15, 0.2) is 11.5 Å². The highest BCUT2D eigenvalue weighted by Crippen LogP contribution is 2.41. The van der Waals surface area contributed by atoms with E-state index in [9.17, 15) is 0 Å². The van der Waals surface area contributed by atoms with Crippen LogP contribution in [0.3, 0.4) is 0 Å². The van der Waals surface area contributed by atoms with E-state index in [0.29, 0.717) is 0 Å². The van der Waals surface area contributed by atoms with Crippen LogP contribution in [0.4, 0.5) is 0 Å². The van der Waals surface area contributed by atoms with E-state index in [4.69, 9.17) is 9.47 Å². The van der Waals surface area contributed by atoms with Crippen molar-refractivity contribution in [2.75, 3.05) is 27.3 Å². The number of unbranched alkanes of at least 4 members (excludes halogenated alkanes) is 2. The third-order valence-electron chi connectivity index (χ3n) is 5.98. The van der Waals surface area contributed by atoms with Gasteiger partial charge in [0.05, 0.1) is 20.3 Å². The second-order valence-corrected chi connectivity index (χ2v) is 7.83. The maximum Gasteiger partial charge on any atom is 0.161 e. The number of fused-ring (bicyclic) bond motifs is 1. The molecule has 1 aromatic heterocycles. The maximum absolute atomic E-state index is 5.62. The minimum atomic E-state index is 0.251. The van der Waals surface area contributed by atoms with Gasteiger partial charge >= 0.3 is 0 Å². The fourth-order valence-electron chi connectivity index (χ4n) is 4.46. The van der Waals surface area contributed by atoms with E-state index in [2.05, 4.69) is 52.5 Å². The first-order valence-electron chi connectivity index (χ1n) is 10.8. The smallest absolute Gasteiger partial charge is 0.161 e. The Morgan fingerprint density at radius 2 is 1.70 bits per heavy atom. The number of ether oxygens (including phenoxy) is 2. The molecule has 0 saturated heterocycles. The molecule has 1 atom stereocenters. The lowest BCUT2D eigenvalue weighted by molar-refractivity contribution is 0.207. The van der Waals surface area contributed by atoms with Crippen LogP contribution in [-0.4, -0.2) is 42.0 Å². The molecule has 0 N–H and O–H groups in total. The molecule has 4 rings (SSSR count). The van der Waals surface area contributed by atoms with Crippen molar-refractivity contribution in [3.63, 3.8) is 0 Å². The van der Waals surface area contributed by atoms with Gasteiger partial charge in [-0.1, -0.05) is 36.8 Å². The molecule has 0 amide bonds. The molecule has 0 saturated carbocycles. The first-order chi connectivity index (χ1) is 14.8. The number of rotatable bonds is 9. The summed E-state index contributed by atoms with van der Waals surface area (Å²) in [6.07, 6.45) is 8.47. The zero-order valence-corrected chi connectivity index (χ0v) is 18.0. The number of methoxy groups -OCH3 is 2. The largest absolute Gasteiger partial charge is 0.493 e. The van der Waals surface area contributed by atoms with E-state index in [1.54, 1.807) is 14.2 Å². The van der Waals surface area contributed by atoms with Crippen LogP contribution in [-0.2, 0) is 13.0 Å². The van der Waals surface area contributed by atoms with Crippen molar-refractivity contribution in [1.29, 1.82) is 0 Å². The molecule has 0 radical (unpaired) electrons. The monoisotopic (exact) mass is 405 g/mol. The predicted octanol–water partition coefficient (Wildman–Crippen LogP) is 4.72. The number of nitrogens with zero attached hydrogens (tertiary/aromatic N) is 3. The van der Waals surface area contributed by atoms with Crippen LogP contribution in [0, 0.1) is 0 Å². The van der Waals surface area contributed by atoms with Gasteiger partial charge in [-0.25, -0.2) is 0 Å². The van der Waals surface area contributed by atoms with Gasteiger partial charge in [-0.15, -0.1) is 0 Å². The average molecular weight is 406 g/mol. The minimum absolute atomic E-state index is 0.251. The van der Waals surface area contributed by atoms with Gasteiger partial charge in [0.1, 0.15) is 0 Å². The highest BCUT2D eigenvalue weighted by Gasteiger charge is 2.29. The van der Waals surface area contributed by atoms with Gasteiger partial charge in [-0.05, 0) is 60.7 Å². The molecule has 5 nitrogen and oxygen atoms in total. The summed E-state index contributed by atoms with van der Waals surface area (Å²) in [5.41, 5.74) is 4.03. The fourth-order valence-corrected chi connectivity index (χ4v) is 4.46. The van der Waals surface area contributed by atoms with E-state index in [-0.39, 0.29) is 6.04 Å². The van der Waals surface area contributed by atoms with Gasteiger partial charge in [-0.3, -0.25) is 9.58 Å². The quantitative estimate of drug-likeness (QED) is 0.483. The van der Waals surface area contributed by atoms with Crippen LogP contribution < -0.4 is 9.47 Å². The minimum Gasteiger partial charge on any atom is -0.493 e. The van der Waals surface area contributed by atoms with Crippen LogP contribution in [0.5, 0.6) is 11.5 Å². The molecule has 1 unspecified atom stereocenters. The van der Waals surface area contributed by atoms with E-state index in [0.717, 1.165) is 44.0 Å². The Bertz CT molecular complexity index is 925. The fraction of sp³-hybridized carbons (Fsp3) is 0.400. The van der Waals surface area contributed by atoms with Gasteiger partial charge in [0.2, 0.25) is 0 Å². The average Bonchev–Trinajstić information content (AvgIpc) is 3.31. The molecule has 5 heteroatoms. The summed E-state index contributed by atoms with van der Waals surface area (Å²) >= 11 is 0. The second kappa shape index (κ2) is 9.81. The number of hydrogen-bond acceptors (Lipinski definition) is 4. The SMILES string of the molecule is COc1cc2c(cc1OC)C(c1ccccc1)N(CCCCCn1cccn1)CC2. The lowest BCUT2D eigenvalue weighted by Gasteiger charge is -2.38. The number of hydrogen-bond donors (Lipinski definition) is 0. The van der Waals surface area contributed by atoms with E-state index < -0.39 is 0 Å². The van der Waals surface area contributed by atoms with E-state index in [1.807, 2.05) is 23.1 Å². The highest BCUT2D eigenvalue weighted by atomic mass is 16.5. The Kier molecular flexibility index (Phi) is 6.70. The molecule has 0 aliphatic carbocycles. The molecular formula is C25H31N3O2. The van der Waals surface area contributed by atoms with Crippen molar-refractivity contribution in [1.82, 2.24) is 14.7 Å². The number of aryl methyl sites for hydroxylation is 1. The second-order valence-electron chi connectivity index (χ2n) is 7.83. The Morgan fingerprint density at radius 3 is 2.43 bits per heavy atom. The van der Waals surface area contributed by atoms with E-state index >= 15 is 0 Å². The van der Waals surface area contributed by atoms with Gasteiger partial charge < -0.3 is 9.47 Å². The van der Waals surface area contributed by atoms with Gasteiger partial charge in [0, 0.05) is 25.5 Å². The third kappa shape index (κ3) is 4.51. The third-order valence-corrected chi connectivity index (χ3v) is 5.98. The first kappa shape index (κ1) is 20.5. The summed E-state index contributed by atoms with van der Waals surface area (Å²) in [5.74, 6) is 1.62. The zero-order valence-electron chi connectivity index (χ0n) is 18.0. The van der Waals surface area contributed by atoms with E-state index in [1.165, 1.54) is 29.5 Å². The van der Waals surface area contributed by atoms with Crippen LogP contribution >= 0.6 is 0 Å². The molecule has 0 bridgehead atoms. The van der Waals surface area contributed by atoms with Crippen molar-refractivity contribution in [2.24, 2.45) is 0 Å². The maximum atomic E-state index is 5.62. The molecule has 30 heavy (non-hydrogen) atoms. The number of benzene rings is 2. The summed E-state index contributed by atoms with van der Waals surface area (Å²) in [5, 5.41) is 4.30. The Labute approximate surface area is 179 Å². The van der Waals surface area contributed by atoms with Crippen LogP contribution in [0.15, 0.2) is 60.9 Å². The van der Waals surface area contributed by atoms with Crippen molar-refractivity contribution < 1.29 is 9.47 Å². The normalized spacial score (nSPS) is 16.3. The van der Waals surface area contributed by atoms with Crippen LogP contribution in [0.25, 0.3) is 0 Å². The van der Waals surface area contributed by atoms with Crippen molar-refractivity contribution in [3.8, 4) is 11.5 Å². The Hall–Kier alpha value is -2.79. The predicted molar refractivity (Wildman–Crippen MR) is 119 cm³/mol. The van der Waals surface area contributed by atoms with Crippen LogP contribution in [0.1, 0.15) is 42.0 Å². The summed E-state index contributed by atoms with van der Waals surface area (Å²) in [4.78, 5) is 2.62.